The Bertz CT molecular complexity index is 1610. The lowest BCUT2D eigenvalue weighted by atomic mass is 10.0. The number of benzene rings is 2. The summed E-state index contributed by atoms with van der Waals surface area (Å²) in [6.45, 7) is 3.93. The van der Waals surface area contributed by atoms with Crippen molar-refractivity contribution in [2.24, 2.45) is 0 Å². The highest BCUT2D eigenvalue weighted by Gasteiger charge is 2.29. The molecule has 1 aliphatic carbocycles. The van der Waals surface area contributed by atoms with Crippen LogP contribution in [0.4, 0.5) is 23.0 Å². The number of carbonyl (C=O) groups excluding carboxylic acids is 1. The highest BCUT2D eigenvalue weighted by molar-refractivity contribution is 6.03. The van der Waals surface area contributed by atoms with Crippen molar-refractivity contribution in [3.8, 4) is 17.0 Å². The van der Waals surface area contributed by atoms with Crippen LogP contribution in [0.5, 0.6) is 5.75 Å². The monoisotopic (exact) mass is 587 g/mol. The van der Waals surface area contributed by atoms with Crippen molar-refractivity contribution in [1.29, 1.82) is 0 Å². The first-order valence-electron chi connectivity index (χ1n) is 14.6. The van der Waals surface area contributed by atoms with Crippen LogP contribution >= 0.6 is 0 Å². The second-order valence-corrected chi connectivity index (χ2v) is 11.1. The maximum atomic E-state index is 13.2. The average Bonchev–Trinajstić information content (AvgIpc) is 3.78. The number of anilines is 4. The number of hydrogen-bond acceptors (Lipinski definition) is 10. The topological polar surface area (TPSA) is 120 Å². The minimum Gasteiger partial charge on any atom is -0.494 e. The van der Waals surface area contributed by atoms with Crippen LogP contribution in [0.1, 0.15) is 48.0 Å². The number of fused-ring (bicyclic) bond motifs is 1. The number of rotatable bonds is 13. The molecule has 11 heteroatoms. The van der Waals surface area contributed by atoms with Gasteiger partial charge in [0, 0.05) is 43.4 Å². The number of carbonyl (C=O) groups is 1. The van der Waals surface area contributed by atoms with E-state index in [9.17, 15) is 4.79 Å². The van der Waals surface area contributed by atoms with Crippen LogP contribution < -0.4 is 25.5 Å². The van der Waals surface area contributed by atoms with Gasteiger partial charge in [-0.3, -0.25) is 0 Å². The number of nitrogens with one attached hydrogen (secondary N) is 1. The van der Waals surface area contributed by atoms with E-state index in [1.165, 1.54) is 11.8 Å². The van der Waals surface area contributed by atoms with E-state index in [-0.39, 0.29) is 11.5 Å². The van der Waals surface area contributed by atoms with E-state index in [1.807, 2.05) is 58.5 Å². The number of nitrogens with zero attached hydrogens (tertiary/aromatic N) is 5. The van der Waals surface area contributed by atoms with E-state index in [2.05, 4.69) is 26.2 Å². The Labute approximate surface area is 252 Å². The summed E-state index contributed by atoms with van der Waals surface area (Å²) >= 11 is 0. The summed E-state index contributed by atoms with van der Waals surface area (Å²) in [5.41, 5.74) is 12.2. The number of para-hydroxylation sites is 1. The molecule has 0 radical (unpaired) electrons. The molecule has 0 aliphatic heterocycles. The van der Waals surface area contributed by atoms with Gasteiger partial charge in [0.1, 0.15) is 18.4 Å². The van der Waals surface area contributed by atoms with Gasteiger partial charge in [-0.2, -0.15) is 4.73 Å². The molecule has 1 aliphatic rings. The molecule has 0 unspecified atom stereocenters. The Kier molecular flexibility index (Phi) is 8.91. The first-order chi connectivity index (χ1) is 20.7. The Morgan fingerprint density at radius 3 is 2.63 bits per heavy atom. The standard InChI is InChI=1S/C32H41N7O4/c1-7-15-43-31(40)23-18-34-32(35-26-16-25(33)27(17-28(26)41-5)38(4)14-13-37(2)3)36-29(23)24-19-39(42-6)30-21(20-11-12-20)9-8-10-22(24)30/h8-10,16-20H,7,11-15,33H2,1-6H3,(H,34,35,36). The zero-order valence-corrected chi connectivity index (χ0v) is 25.8. The molecule has 2 aromatic heterocycles. The van der Waals surface area contributed by atoms with E-state index in [0.29, 0.717) is 41.8 Å². The fourth-order valence-corrected chi connectivity index (χ4v) is 5.18. The quantitative estimate of drug-likeness (QED) is 0.165. The molecule has 11 nitrogen and oxygen atoms in total. The third-order valence-electron chi connectivity index (χ3n) is 7.63. The fraction of sp³-hybridized carbons (Fsp3) is 0.406. The zero-order chi connectivity index (χ0) is 30.7. The highest BCUT2D eigenvalue weighted by atomic mass is 16.6. The van der Waals surface area contributed by atoms with Crippen LogP contribution in [0.15, 0.2) is 42.7 Å². The van der Waals surface area contributed by atoms with Crippen molar-refractivity contribution >= 4 is 39.9 Å². The van der Waals surface area contributed by atoms with Crippen molar-refractivity contribution in [2.75, 3.05) is 71.0 Å². The minimum absolute atomic E-state index is 0.273. The third-order valence-corrected chi connectivity index (χ3v) is 7.63. The van der Waals surface area contributed by atoms with Gasteiger partial charge in [0.15, 0.2) is 0 Å². The van der Waals surface area contributed by atoms with Crippen molar-refractivity contribution in [2.45, 2.75) is 32.1 Å². The zero-order valence-electron chi connectivity index (χ0n) is 25.8. The molecule has 0 bridgehead atoms. The number of esters is 1. The lowest BCUT2D eigenvalue weighted by molar-refractivity contribution is 0.0505. The maximum Gasteiger partial charge on any atom is 0.341 e. The first kappa shape index (κ1) is 30.0. The number of ether oxygens (including phenoxy) is 2. The summed E-state index contributed by atoms with van der Waals surface area (Å²) in [5.74, 6) is 0.888. The number of nitrogen functional groups attached to an aromatic ring is 1. The van der Waals surface area contributed by atoms with Gasteiger partial charge in [0.25, 0.3) is 0 Å². The Hall–Kier alpha value is -4.51. The van der Waals surface area contributed by atoms with Crippen LogP contribution in [0.25, 0.3) is 22.2 Å². The van der Waals surface area contributed by atoms with Gasteiger partial charge in [-0.15, -0.1) is 0 Å². The predicted octanol–water partition coefficient (Wildman–Crippen LogP) is 4.93. The van der Waals surface area contributed by atoms with E-state index >= 15 is 0 Å². The van der Waals surface area contributed by atoms with Crippen molar-refractivity contribution in [3.63, 3.8) is 0 Å². The van der Waals surface area contributed by atoms with Gasteiger partial charge in [-0.05, 0) is 50.9 Å². The predicted molar refractivity (Wildman–Crippen MR) is 171 cm³/mol. The molecular weight excluding hydrogens is 546 g/mol. The number of methoxy groups -OCH3 is 1. The summed E-state index contributed by atoms with van der Waals surface area (Å²) in [4.78, 5) is 32.5. The molecule has 0 spiro atoms. The van der Waals surface area contributed by atoms with Crippen molar-refractivity contribution in [3.05, 3.63) is 53.9 Å². The normalized spacial score (nSPS) is 12.9. The summed E-state index contributed by atoms with van der Waals surface area (Å²) in [5, 5.41) is 4.20. The molecule has 4 aromatic rings. The Morgan fingerprint density at radius 2 is 1.95 bits per heavy atom. The summed E-state index contributed by atoms with van der Waals surface area (Å²) in [7, 11) is 9.31. The molecule has 2 aromatic carbocycles. The summed E-state index contributed by atoms with van der Waals surface area (Å²) in [6, 6.07) is 9.92. The van der Waals surface area contributed by atoms with E-state index in [4.69, 9.17) is 25.0 Å². The van der Waals surface area contributed by atoms with Gasteiger partial charge in [-0.1, -0.05) is 25.1 Å². The van der Waals surface area contributed by atoms with Crippen LogP contribution in [-0.2, 0) is 4.74 Å². The second kappa shape index (κ2) is 12.8. The molecule has 1 fully saturated rings. The number of likely N-dealkylation sites (N-methyl/N-ethyl adjacent to an activating group) is 2. The average molecular weight is 588 g/mol. The molecule has 0 atom stereocenters. The van der Waals surface area contributed by atoms with E-state index < -0.39 is 5.97 Å². The molecule has 0 saturated heterocycles. The Balaban J connectivity index is 1.57. The smallest absolute Gasteiger partial charge is 0.341 e. The minimum atomic E-state index is -0.480. The van der Waals surface area contributed by atoms with Crippen LogP contribution in [0.3, 0.4) is 0 Å². The molecule has 2 heterocycles. The van der Waals surface area contributed by atoms with Gasteiger partial charge < -0.3 is 35.2 Å². The largest absolute Gasteiger partial charge is 0.494 e. The fourth-order valence-electron chi connectivity index (χ4n) is 5.18. The summed E-state index contributed by atoms with van der Waals surface area (Å²) in [6.07, 6.45) is 6.37. The van der Waals surface area contributed by atoms with Gasteiger partial charge in [0.05, 0.1) is 48.2 Å². The van der Waals surface area contributed by atoms with E-state index in [1.54, 1.807) is 19.0 Å². The first-order valence-corrected chi connectivity index (χ1v) is 14.6. The van der Waals surface area contributed by atoms with Crippen molar-refractivity contribution in [1.82, 2.24) is 19.6 Å². The molecule has 228 valence electrons. The van der Waals surface area contributed by atoms with Gasteiger partial charge >= 0.3 is 5.97 Å². The Morgan fingerprint density at radius 1 is 1.16 bits per heavy atom. The van der Waals surface area contributed by atoms with E-state index in [0.717, 1.165) is 48.1 Å². The van der Waals surface area contributed by atoms with Crippen LogP contribution in [-0.4, -0.2) is 80.6 Å². The van der Waals surface area contributed by atoms with Gasteiger partial charge in [0.2, 0.25) is 5.95 Å². The molecule has 0 amide bonds. The van der Waals surface area contributed by atoms with Gasteiger partial charge in [-0.25, -0.2) is 14.8 Å². The number of hydrogen-bond donors (Lipinski definition) is 2. The molecule has 43 heavy (non-hydrogen) atoms. The van der Waals surface area contributed by atoms with Crippen molar-refractivity contribution < 1.29 is 19.1 Å². The molecule has 5 rings (SSSR count). The lowest BCUT2D eigenvalue weighted by Crippen LogP contribution is -2.29. The molecule has 1 saturated carbocycles. The second-order valence-electron chi connectivity index (χ2n) is 11.1. The number of nitrogens with two attached hydrogens (primary N) is 1. The SMILES string of the molecule is CCCOC(=O)c1cnc(Nc2cc(N)c(N(C)CCN(C)C)cc2OC)nc1-c1cn(OC)c2c(C3CC3)cccc12. The third kappa shape index (κ3) is 6.31. The summed E-state index contributed by atoms with van der Waals surface area (Å²) < 4.78 is 13.0. The highest BCUT2D eigenvalue weighted by Crippen LogP contribution is 2.45. The lowest BCUT2D eigenvalue weighted by Gasteiger charge is -2.24. The number of aromatic nitrogens is 3. The molecule has 3 N–H and O–H groups in total. The van der Waals surface area contributed by atoms with Crippen LogP contribution in [0.2, 0.25) is 0 Å². The van der Waals surface area contributed by atoms with Crippen LogP contribution in [0, 0.1) is 0 Å². The maximum absolute atomic E-state index is 13.2. The molecular formula is C32H41N7O4.